The average molecular weight is 222 g/mol. The van der Waals surface area contributed by atoms with Gasteiger partial charge >= 0.3 is 0 Å². The van der Waals surface area contributed by atoms with E-state index in [4.69, 9.17) is 0 Å². The molecule has 0 aliphatic rings. The standard InChI is InChI=1S/C14H10N2O/c17-9-10-6-12-13(8-16-14(12)15-7-10)11-4-2-1-3-5-11/h1-9H,(H,15,16). The summed E-state index contributed by atoms with van der Waals surface area (Å²) in [6.07, 6.45) is 4.30. The second kappa shape index (κ2) is 3.87. The van der Waals surface area contributed by atoms with E-state index in [-0.39, 0.29) is 0 Å². The second-order valence-corrected chi connectivity index (χ2v) is 3.85. The Bertz CT molecular complexity index is 671. The molecular weight excluding hydrogens is 212 g/mol. The minimum Gasteiger partial charge on any atom is -0.346 e. The topological polar surface area (TPSA) is 45.8 Å². The largest absolute Gasteiger partial charge is 0.346 e. The maximum atomic E-state index is 10.8. The molecule has 0 aliphatic carbocycles. The van der Waals surface area contributed by atoms with Crippen LogP contribution in [-0.2, 0) is 0 Å². The number of H-pyrrole nitrogens is 1. The number of hydrogen-bond donors (Lipinski definition) is 1. The minimum atomic E-state index is 0.592. The number of aldehydes is 1. The number of pyridine rings is 1. The van der Waals surface area contributed by atoms with Crippen LogP contribution in [0.1, 0.15) is 10.4 Å². The van der Waals surface area contributed by atoms with E-state index in [2.05, 4.69) is 9.97 Å². The minimum absolute atomic E-state index is 0.592. The highest BCUT2D eigenvalue weighted by molar-refractivity contribution is 5.96. The number of benzene rings is 1. The first kappa shape index (κ1) is 9.78. The molecule has 3 aromatic rings. The van der Waals surface area contributed by atoms with E-state index in [1.165, 1.54) is 0 Å². The zero-order chi connectivity index (χ0) is 11.7. The molecule has 0 radical (unpaired) electrons. The Morgan fingerprint density at radius 3 is 2.76 bits per heavy atom. The molecule has 0 aliphatic heterocycles. The van der Waals surface area contributed by atoms with Gasteiger partial charge in [0.2, 0.25) is 0 Å². The lowest BCUT2D eigenvalue weighted by Crippen LogP contribution is -1.83. The number of carbonyl (C=O) groups is 1. The summed E-state index contributed by atoms with van der Waals surface area (Å²) in [5.41, 5.74) is 3.57. The van der Waals surface area contributed by atoms with Crippen LogP contribution in [0.4, 0.5) is 0 Å². The van der Waals surface area contributed by atoms with Gasteiger partial charge in [0.05, 0.1) is 0 Å². The summed E-state index contributed by atoms with van der Waals surface area (Å²) < 4.78 is 0. The molecule has 1 aromatic carbocycles. The Hall–Kier alpha value is -2.42. The van der Waals surface area contributed by atoms with Crippen molar-refractivity contribution in [1.29, 1.82) is 0 Å². The fourth-order valence-corrected chi connectivity index (χ4v) is 1.94. The van der Waals surface area contributed by atoms with Crippen molar-refractivity contribution in [2.75, 3.05) is 0 Å². The van der Waals surface area contributed by atoms with Crippen molar-refractivity contribution in [3.05, 3.63) is 54.4 Å². The van der Waals surface area contributed by atoms with Crippen LogP contribution in [0.25, 0.3) is 22.2 Å². The number of nitrogens with one attached hydrogen (secondary N) is 1. The zero-order valence-electron chi connectivity index (χ0n) is 9.05. The SMILES string of the molecule is O=Cc1cnc2[nH]cc(-c3ccccc3)c2c1. The molecule has 0 saturated carbocycles. The number of aromatic nitrogens is 2. The van der Waals surface area contributed by atoms with Crippen LogP contribution >= 0.6 is 0 Å². The van der Waals surface area contributed by atoms with Gasteiger partial charge in [0.1, 0.15) is 5.65 Å². The van der Waals surface area contributed by atoms with Gasteiger partial charge < -0.3 is 4.98 Å². The third-order valence-corrected chi connectivity index (χ3v) is 2.77. The molecule has 82 valence electrons. The van der Waals surface area contributed by atoms with Crippen LogP contribution in [0.15, 0.2) is 48.8 Å². The first-order valence-corrected chi connectivity index (χ1v) is 5.36. The van der Waals surface area contributed by atoms with Crippen molar-refractivity contribution in [2.24, 2.45) is 0 Å². The molecule has 0 bridgehead atoms. The molecule has 17 heavy (non-hydrogen) atoms. The van der Waals surface area contributed by atoms with Gasteiger partial charge in [-0.2, -0.15) is 0 Å². The first-order chi connectivity index (χ1) is 8.38. The fourth-order valence-electron chi connectivity index (χ4n) is 1.94. The number of hydrogen-bond acceptors (Lipinski definition) is 2. The van der Waals surface area contributed by atoms with Gasteiger partial charge in [0.25, 0.3) is 0 Å². The van der Waals surface area contributed by atoms with Crippen molar-refractivity contribution in [3.8, 4) is 11.1 Å². The quantitative estimate of drug-likeness (QED) is 0.677. The molecule has 0 atom stereocenters. The van der Waals surface area contributed by atoms with Crippen molar-refractivity contribution >= 4 is 17.3 Å². The van der Waals surface area contributed by atoms with Gasteiger partial charge in [0.15, 0.2) is 6.29 Å². The Balaban J connectivity index is 2.27. The number of fused-ring (bicyclic) bond motifs is 1. The van der Waals surface area contributed by atoms with E-state index < -0.39 is 0 Å². The highest BCUT2D eigenvalue weighted by atomic mass is 16.1. The maximum Gasteiger partial charge on any atom is 0.151 e. The molecular formula is C14H10N2O. The van der Waals surface area contributed by atoms with Gasteiger partial charge in [-0.3, -0.25) is 4.79 Å². The summed E-state index contributed by atoms with van der Waals surface area (Å²) in [7, 11) is 0. The molecule has 3 heteroatoms. The predicted molar refractivity (Wildman–Crippen MR) is 66.9 cm³/mol. The Morgan fingerprint density at radius 1 is 1.18 bits per heavy atom. The predicted octanol–water partition coefficient (Wildman–Crippen LogP) is 3.04. The van der Waals surface area contributed by atoms with Crippen LogP contribution < -0.4 is 0 Å². The normalized spacial score (nSPS) is 10.6. The molecule has 0 spiro atoms. The molecule has 3 nitrogen and oxygen atoms in total. The van der Waals surface area contributed by atoms with E-state index >= 15 is 0 Å². The van der Waals surface area contributed by atoms with Crippen LogP contribution in [0.5, 0.6) is 0 Å². The Labute approximate surface area is 98.1 Å². The van der Waals surface area contributed by atoms with E-state index in [0.717, 1.165) is 28.4 Å². The number of aromatic amines is 1. The van der Waals surface area contributed by atoms with Crippen LogP contribution in [0.3, 0.4) is 0 Å². The molecule has 0 fully saturated rings. The summed E-state index contributed by atoms with van der Waals surface area (Å²) in [6, 6.07) is 11.9. The van der Waals surface area contributed by atoms with Crippen molar-refractivity contribution in [3.63, 3.8) is 0 Å². The lowest BCUT2D eigenvalue weighted by Gasteiger charge is -1.98. The zero-order valence-corrected chi connectivity index (χ0v) is 9.05. The summed E-state index contributed by atoms with van der Waals surface area (Å²) in [5.74, 6) is 0. The van der Waals surface area contributed by atoms with Crippen LogP contribution in [0, 0.1) is 0 Å². The highest BCUT2D eigenvalue weighted by Gasteiger charge is 2.07. The van der Waals surface area contributed by atoms with Gasteiger partial charge in [0, 0.05) is 28.9 Å². The Kier molecular flexibility index (Phi) is 2.22. The molecule has 3 rings (SSSR count). The van der Waals surface area contributed by atoms with Gasteiger partial charge in [-0.15, -0.1) is 0 Å². The molecule has 1 N–H and O–H groups in total. The van der Waals surface area contributed by atoms with E-state index in [1.54, 1.807) is 6.20 Å². The average Bonchev–Trinajstić information content (AvgIpc) is 2.82. The fraction of sp³-hybridized carbons (Fsp3) is 0. The molecule has 2 heterocycles. The lowest BCUT2D eigenvalue weighted by atomic mass is 10.1. The summed E-state index contributed by atoms with van der Waals surface area (Å²) >= 11 is 0. The van der Waals surface area contributed by atoms with Gasteiger partial charge in [-0.1, -0.05) is 30.3 Å². The molecule has 2 aromatic heterocycles. The van der Waals surface area contributed by atoms with Gasteiger partial charge in [-0.25, -0.2) is 4.98 Å². The summed E-state index contributed by atoms with van der Waals surface area (Å²) in [6.45, 7) is 0. The Morgan fingerprint density at radius 2 is 2.00 bits per heavy atom. The summed E-state index contributed by atoms with van der Waals surface area (Å²) in [4.78, 5) is 18.1. The first-order valence-electron chi connectivity index (χ1n) is 5.36. The maximum absolute atomic E-state index is 10.8. The smallest absolute Gasteiger partial charge is 0.151 e. The second-order valence-electron chi connectivity index (χ2n) is 3.85. The van der Waals surface area contributed by atoms with Crippen molar-refractivity contribution in [1.82, 2.24) is 9.97 Å². The van der Waals surface area contributed by atoms with E-state index in [0.29, 0.717) is 5.56 Å². The molecule has 0 saturated heterocycles. The van der Waals surface area contributed by atoms with Crippen molar-refractivity contribution in [2.45, 2.75) is 0 Å². The number of nitrogens with zero attached hydrogens (tertiary/aromatic N) is 1. The summed E-state index contributed by atoms with van der Waals surface area (Å²) in [5, 5.41) is 0.973. The van der Waals surface area contributed by atoms with Crippen LogP contribution in [-0.4, -0.2) is 16.3 Å². The third-order valence-electron chi connectivity index (χ3n) is 2.77. The van der Waals surface area contributed by atoms with E-state index in [1.807, 2.05) is 42.6 Å². The third kappa shape index (κ3) is 1.61. The monoisotopic (exact) mass is 222 g/mol. The number of rotatable bonds is 2. The molecule has 0 unspecified atom stereocenters. The van der Waals surface area contributed by atoms with Crippen molar-refractivity contribution < 1.29 is 4.79 Å². The highest BCUT2D eigenvalue weighted by Crippen LogP contribution is 2.27. The van der Waals surface area contributed by atoms with Gasteiger partial charge in [-0.05, 0) is 11.6 Å². The lowest BCUT2D eigenvalue weighted by molar-refractivity contribution is 0.112. The van der Waals surface area contributed by atoms with Crippen LogP contribution in [0.2, 0.25) is 0 Å². The van der Waals surface area contributed by atoms with E-state index in [9.17, 15) is 4.79 Å². The number of carbonyl (C=O) groups excluding carboxylic acids is 1. The molecule has 0 amide bonds.